The van der Waals surface area contributed by atoms with Crippen molar-refractivity contribution in [1.82, 2.24) is 24.4 Å². The van der Waals surface area contributed by atoms with E-state index >= 15 is 0 Å². The van der Waals surface area contributed by atoms with E-state index in [1.807, 2.05) is 37.3 Å². The third kappa shape index (κ3) is 3.20. The van der Waals surface area contributed by atoms with Gasteiger partial charge >= 0.3 is 5.69 Å². The van der Waals surface area contributed by atoms with Gasteiger partial charge in [-0.2, -0.15) is 0 Å². The average Bonchev–Trinajstić information content (AvgIpc) is 2.98. The lowest BCUT2D eigenvalue weighted by molar-refractivity contribution is 0.0336. The number of imidazole rings is 1. The van der Waals surface area contributed by atoms with Crippen molar-refractivity contribution in [2.75, 3.05) is 26.3 Å². The number of ether oxygens (including phenoxy) is 1. The predicted octanol–water partition coefficient (Wildman–Crippen LogP) is 1.56. The largest absolute Gasteiger partial charge is 0.379 e. The smallest absolute Gasteiger partial charge is 0.329 e. The van der Waals surface area contributed by atoms with Crippen LogP contribution in [0.3, 0.4) is 0 Å². The second-order valence-corrected chi connectivity index (χ2v) is 6.31. The highest BCUT2D eigenvalue weighted by atomic mass is 16.5. The van der Waals surface area contributed by atoms with Gasteiger partial charge < -0.3 is 4.74 Å². The number of fused-ring (bicyclic) bond motifs is 1. The van der Waals surface area contributed by atoms with Gasteiger partial charge in [-0.25, -0.2) is 14.8 Å². The fourth-order valence-corrected chi connectivity index (χ4v) is 3.23. The lowest BCUT2D eigenvalue weighted by Crippen LogP contribution is -2.35. The number of rotatable bonds is 4. The number of hydrogen-bond donors (Lipinski definition) is 1. The third-order valence-electron chi connectivity index (χ3n) is 4.63. The Bertz CT molecular complexity index is 912. The van der Waals surface area contributed by atoms with E-state index in [0.717, 1.165) is 37.6 Å². The SMILES string of the molecule is C[C@@H](c1ccccc1)n1c(=O)[nH]c2ncc(CN3CCOCC3)nc21. The Kier molecular flexibility index (Phi) is 4.33. The lowest BCUT2D eigenvalue weighted by Gasteiger charge is -2.26. The van der Waals surface area contributed by atoms with Gasteiger partial charge in [0, 0.05) is 19.6 Å². The predicted molar refractivity (Wildman–Crippen MR) is 94.5 cm³/mol. The van der Waals surface area contributed by atoms with Crippen LogP contribution in [0.5, 0.6) is 0 Å². The van der Waals surface area contributed by atoms with Crippen LogP contribution in [0.4, 0.5) is 0 Å². The van der Waals surface area contributed by atoms with Crippen LogP contribution in [0.2, 0.25) is 0 Å². The third-order valence-corrected chi connectivity index (χ3v) is 4.63. The van der Waals surface area contributed by atoms with E-state index in [9.17, 15) is 4.79 Å². The zero-order valence-corrected chi connectivity index (χ0v) is 14.2. The van der Waals surface area contributed by atoms with Gasteiger partial charge in [-0.1, -0.05) is 30.3 Å². The zero-order valence-electron chi connectivity index (χ0n) is 14.2. The molecule has 3 heterocycles. The summed E-state index contributed by atoms with van der Waals surface area (Å²) in [6.07, 6.45) is 1.74. The molecule has 1 aromatic carbocycles. The molecule has 25 heavy (non-hydrogen) atoms. The topological polar surface area (TPSA) is 76.0 Å². The van der Waals surface area contributed by atoms with E-state index < -0.39 is 0 Å². The van der Waals surface area contributed by atoms with Crippen molar-refractivity contribution in [2.24, 2.45) is 0 Å². The Balaban J connectivity index is 1.70. The standard InChI is InChI=1S/C18H21N5O2/c1-13(14-5-3-2-4-6-14)23-17-16(21-18(23)24)19-11-15(20-17)12-22-7-9-25-10-8-22/h2-6,11,13H,7-10,12H2,1H3,(H,19,21,24)/t13-/m0/s1. The van der Waals surface area contributed by atoms with Crippen molar-refractivity contribution in [3.05, 3.63) is 58.3 Å². The minimum atomic E-state index is -0.185. The molecule has 1 saturated heterocycles. The molecule has 3 aromatic rings. The van der Waals surface area contributed by atoms with Crippen LogP contribution in [0.25, 0.3) is 11.3 Å². The lowest BCUT2D eigenvalue weighted by atomic mass is 10.1. The normalized spacial score (nSPS) is 17.0. The first-order valence-electron chi connectivity index (χ1n) is 8.53. The molecule has 0 spiro atoms. The number of nitrogens with one attached hydrogen (secondary N) is 1. The Morgan fingerprint density at radius 1 is 1.24 bits per heavy atom. The zero-order chi connectivity index (χ0) is 17.2. The molecule has 1 fully saturated rings. The summed E-state index contributed by atoms with van der Waals surface area (Å²) in [5.41, 5.74) is 2.87. The summed E-state index contributed by atoms with van der Waals surface area (Å²) >= 11 is 0. The molecule has 0 amide bonds. The van der Waals surface area contributed by atoms with Gasteiger partial charge in [0.25, 0.3) is 0 Å². The maximum absolute atomic E-state index is 12.5. The van der Waals surface area contributed by atoms with E-state index in [1.54, 1.807) is 10.8 Å². The fraction of sp³-hybridized carbons (Fsp3) is 0.389. The number of H-pyrrole nitrogens is 1. The van der Waals surface area contributed by atoms with Gasteiger partial charge in [0.2, 0.25) is 0 Å². The number of nitrogens with zero attached hydrogens (tertiary/aromatic N) is 4. The average molecular weight is 339 g/mol. The van der Waals surface area contributed by atoms with Gasteiger partial charge in [0.15, 0.2) is 11.3 Å². The second kappa shape index (κ2) is 6.78. The fourth-order valence-electron chi connectivity index (χ4n) is 3.23. The van der Waals surface area contributed by atoms with Crippen LogP contribution in [-0.4, -0.2) is 50.7 Å². The number of aromatic nitrogens is 4. The van der Waals surface area contributed by atoms with Crippen molar-refractivity contribution in [1.29, 1.82) is 0 Å². The van der Waals surface area contributed by atoms with Crippen molar-refractivity contribution in [3.63, 3.8) is 0 Å². The summed E-state index contributed by atoms with van der Waals surface area (Å²) in [7, 11) is 0. The molecule has 4 rings (SSSR count). The van der Waals surface area contributed by atoms with Crippen LogP contribution in [0.1, 0.15) is 24.2 Å². The Labute approximate surface area is 145 Å². The van der Waals surface area contributed by atoms with E-state index in [2.05, 4.69) is 14.9 Å². The molecule has 1 N–H and O–H groups in total. The summed E-state index contributed by atoms with van der Waals surface area (Å²) in [4.78, 5) is 26.7. The number of aromatic amines is 1. The van der Waals surface area contributed by atoms with Gasteiger partial charge in [0.1, 0.15) is 0 Å². The summed E-state index contributed by atoms with van der Waals surface area (Å²) in [5.74, 6) is 0. The van der Waals surface area contributed by atoms with E-state index in [1.165, 1.54) is 0 Å². The summed E-state index contributed by atoms with van der Waals surface area (Å²) in [6, 6.07) is 9.83. The minimum Gasteiger partial charge on any atom is -0.379 e. The van der Waals surface area contributed by atoms with Gasteiger partial charge in [-0.3, -0.25) is 14.5 Å². The number of benzene rings is 1. The van der Waals surface area contributed by atoms with Crippen LogP contribution in [-0.2, 0) is 11.3 Å². The molecule has 0 bridgehead atoms. The molecule has 0 unspecified atom stereocenters. The first-order valence-corrected chi connectivity index (χ1v) is 8.53. The van der Waals surface area contributed by atoms with Gasteiger partial charge in [-0.15, -0.1) is 0 Å². The van der Waals surface area contributed by atoms with Crippen molar-refractivity contribution < 1.29 is 4.74 Å². The monoisotopic (exact) mass is 339 g/mol. The van der Waals surface area contributed by atoms with Crippen molar-refractivity contribution >= 4 is 11.3 Å². The molecule has 7 heteroatoms. The molecule has 1 aliphatic heterocycles. The molecular weight excluding hydrogens is 318 g/mol. The van der Waals surface area contributed by atoms with E-state index in [-0.39, 0.29) is 11.7 Å². The Morgan fingerprint density at radius 2 is 2.00 bits per heavy atom. The maximum atomic E-state index is 12.5. The second-order valence-electron chi connectivity index (χ2n) is 6.31. The van der Waals surface area contributed by atoms with Crippen LogP contribution >= 0.6 is 0 Å². The first kappa shape index (κ1) is 16.0. The van der Waals surface area contributed by atoms with Gasteiger partial charge in [-0.05, 0) is 12.5 Å². The molecule has 1 atom stereocenters. The first-order chi connectivity index (χ1) is 12.2. The van der Waals surface area contributed by atoms with E-state index in [0.29, 0.717) is 17.8 Å². The molecular formula is C18H21N5O2. The summed E-state index contributed by atoms with van der Waals surface area (Å²) in [6.45, 7) is 5.98. The quantitative estimate of drug-likeness (QED) is 0.781. The Hall–Kier alpha value is -2.51. The molecule has 1 aliphatic rings. The molecule has 0 saturated carbocycles. The van der Waals surface area contributed by atoms with Crippen molar-refractivity contribution in [3.8, 4) is 0 Å². The van der Waals surface area contributed by atoms with Crippen LogP contribution < -0.4 is 5.69 Å². The van der Waals surface area contributed by atoms with Crippen LogP contribution in [0, 0.1) is 0 Å². The Morgan fingerprint density at radius 3 is 2.76 bits per heavy atom. The van der Waals surface area contributed by atoms with Crippen LogP contribution in [0.15, 0.2) is 41.3 Å². The molecule has 7 nitrogen and oxygen atoms in total. The van der Waals surface area contributed by atoms with Gasteiger partial charge in [0.05, 0.1) is 31.1 Å². The van der Waals surface area contributed by atoms with E-state index in [4.69, 9.17) is 9.72 Å². The number of morpholine rings is 1. The maximum Gasteiger partial charge on any atom is 0.329 e. The molecule has 2 aromatic heterocycles. The summed E-state index contributed by atoms with van der Waals surface area (Å²) in [5, 5.41) is 0. The molecule has 0 aliphatic carbocycles. The molecule has 0 radical (unpaired) electrons. The minimum absolute atomic E-state index is 0.115. The highest BCUT2D eigenvalue weighted by Gasteiger charge is 2.18. The highest BCUT2D eigenvalue weighted by Crippen LogP contribution is 2.19. The summed E-state index contributed by atoms with van der Waals surface area (Å²) < 4.78 is 7.06. The molecule has 130 valence electrons. The van der Waals surface area contributed by atoms with Crippen molar-refractivity contribution in [2.45, 2.75) is 19.5 Å². The number of hydrogen-bond acceptors (Lipinski definition) is 5. The highest BCUT2D eigenvalue weighted by molar-refractivity contribution is 5.65.